The van der Waals surface area contributed by atoms with Gasteiger partial charge in [-0.05, 0) is 53.8 Å². The maximum Gasteiger partial charge on any atom is 0.137 e. The van der Waals surface area contributed by atoms with Gasteiger partial charge in [-0.3, -0.25) is 4.99 Å². The van der Waals surface area contributed by atoms with E-state index >= 15 is 0 Å². The molecule has 1 unspecified atom stereocenters. The molecule has 0 spiro atoms. The Bertz CT molecular complexity index is 809. The van der Waals surface area contributed by atoms with Crippen molar-refractivity contribution < 1.29 is 4.74 Å². The maximum absolute atomic E-state index is 5.60. The lowest BCUT2D eigenvalue weighted by atomic mass is 9.84. The van der Waals surface area contributed by atoms with E-state index in [2.05, 4.69) is 47.8 Å². The molecule has 0 radical (unpaired) electrons. The highest BCUT2D eigenvalue weighted by Crippen LogP contribution is 2.43. The SMILES string of the molecule is COc1cc(-c2cccs2)sc1/C=C1\N=CC2=C1C(C)CCC2. The lowest BCUT2D eigenvalue weighted by Crippen LogP contribution is -2.07. The fraction of sp³-hybridized carbons (Fsp3) is 0.316. The zero-order valence-corrected chi connectivity index (χ0v) is 15.0. The second-order valence-electron chi connectivity index (χ2n) is 6.04. The second-order valence-corrected chi connectivity index (χ2v) is 8.07. The van der Waals surface area contributed by atoms with E-state index in [1.165, 1.54) is 40.2 Å². The molecule has 3 heterocycles. The Balaban J connectivity index is 1.74. The molecule has 0 N–H and O–H groups in total. The molecule has 2 nitrogen and oxygen atoms in total. The first-order valence-corrected chi connectivity index (χ1v) is 9.66. The fourth-order valence-corrected chi connectivity index (χ4v) is 5.28. The molecule has 1 atom stereocenters. The molecule has 1 aliphatic carbocycles. The molecular weight excluding hydrogens is 322 g/mol. The summed E-state index contributed by atoms with van der Waals surface area (Å²) in [7, 11) is 1.74. The highest BCUT2D eigenvalue weighted by molar-refractivity contribution is 7.22. The van der Waals surface area contributed by atoms with Crippen LogP contribution in [0.2, 0.25) is 0 Å². The van der Waals surface area contributed by atoms with Crippen LogP contribution in [-0.2, 0) is 0 Å². The summed E-state index contributed by atoms with van der Waals surface area (Å²) in [4.78, 5) is 8.40. The van der Waals surface area contributed by atoms with Crippen molar-refractivity contribution in [2.75, 3.05) is 7.11 Å². The summed E-state index contributed by atoms with van der Waals surface area (Å²) in [6, 6.07) is 6.39. The lowest BCUT2D eigenvalue weighted by Gasteiger charge is -2.20. The quantitative estimate of drug-likeness (QED) is 0.668. The average molecular weight is 342 g/mol. The third-order valence-electron chi connectivity index (χ3n) is 4.53. The molecule has 2 aromatic rings. The zero-order valence-electron chi connectivity index (χ0n) is 13.3. The summed E-state index contributed by atoms with van der Waals surface area (Å²) in [5.74, 6) is 1.55. The van der Waals surface area contributed by atoms with Crippen molar-refractivity contribution in [2.24, 2.45) is 10.9 Å². The van der Waals surface area contributed by atoms with E-state index in [9.17, 15) is 0 Å². The lowest BCUT2D eigenvalue weighted by molar-refractivity contribution is 0.416. The molecule has 118 valence electrons. The van der Waals surface area contributed by atoms with E-state index < -0.39 is 0 Å². The van der Waals surface area contributed by atoms with E-state index in [4.69, 9.17) is 4.74 Å². The molecule has 0 amide bonds. The van der Waals surface area contributed by atoms with Crippen molar-refractivity contribution in [3.8, 4) is 15.5 Å². The predicted octanol–water partition coefficient (Wildman–Crippen LogP) is 6.03. The molecule has 0 aromatic carbocycles. The molecule has 0 saturated heterocycles. The summed E-state index contributed by atoms with van der Waals surface area (Å²) < 4.78 is 5.60. The maximum atomic E-state index is 5.60. The molecular formula is C19H19NOS2. The van der Waals surface area contributed by atoms with Crippen LogP contribution in [0.25, 0.3) is 15.8 Å². The summed E-state index contributed by atoms with van der Waals surface area (Å²) in [5.41, 5.74) is 4.01. The van der Waals surface area contributed by atoms with Crippen molar-refractivity contribution >= 4 is 35.0 Å². The Hall–Kier alpha value is -1.65. The Morgan fingerprint density at radius 2 is 2.26 bits per heavy atom. The Kier molecular flexibility index (Phi) is 3.95. The van der Waals surface area contributed by atoms with Gasteiger partial charge in [0.25, 0.3) is 0 Å². The van der Waals surface area contributed by atoms with Crippen LogP contribution in [0.1, 0.15) is 31.1 Å². The van der Waals surface area contributed by atoms with Crippen molar-refractivity contribution in [1.29, 1.82) is 0 Å². The van der Waals surface area contributed by atoms with Gasteiger partial charge in [-0.2, -0.15) is 0 Å². The van der Waals surface area contributed by atoms with Crippen LogP contribution in [0.3, 0.4) is 0 Å². The highest BCUT2D eigenvalue weighted by Gasteiger charge is 2.25. The van der Waals surface area contributed by atoms with E-state index in [-0.39, 0.29) is 0 Å². The summed E-state index contributed by atoms with van der Waals surface area (Å²) in [6.07, 6.45) is 7.99. The molecule has 4 heteroatoms. The molecule has 0 saturated carbocycles. The molecule has 1 aliphatic heterocycles. The van der Waals surface area contributed by atoms with Gasteiger partial charge in [0.05, 0.1) is 17.7 Å². The smallest absolute Gasteiger partial charge is 0.137 e. The zero-order chi connectivity index (χ0) is 15.8. The van der Waals surface area contributed by atoms with Crippen molar-refractivity contribution in [3.63, 3.8) is 0 Å². The summed E-state index contributed by atoms with van der Waals surface area (Å²) >= 11 is 3.55. The van der Waals surface area contributed by atoms with E-state index in [0.717, 1.165) is 16.3 Å². The standard InChI is InChI=1S/C19H19NOS2/c1-12-5-3-6-13-11-20-14(19(12)13)9-17-15(21-2)10-18(23-17)16-7-4-8-22-16/h4,7-12H,3,5-6H2,1-2H3/b14-9-. The number of rotatable bonds is 3. The number of ether oxygens (including phenoxy) is 1. The first kappa shape index (κ1) is 14.9. The van der Waals surface area contributed by atoms with Gasteiger partial charge in [0.1, 0.15) is 5.75 Å². The van der Waals surface area contributed by atoms with Crippen LogP contribution in [0.4, 0.5) is 0 Å². The van der Waals surface area contributed by atoms with Crippen LogP contribution in [0, 0.1) is 5.92 Å². The van der Waals surface area contributed by atoms with Crippen LogP contribution >= 0.6 is 22.7 Å². The first-order valence-electron chi connectivity index (χ1n) is 7.97. The van der Waals surface area contributed by atoms with Gasteiger partial charge >= 0.3 is 0 Å². The Morgan fingerprint density at radius 3 is 3.04 bits per heavy atom. The van der Waals surface area contributed by atoms with Gasteiger partial charge in [-0.15, -0.1) is 22.7 Å². The molecule has 23 heavy (non-hydrogen) atoms. The fourth-order valence-electron chi connectivity index (χ4n) is 3.39. The molecule has 4 rings (SSSR count). The van der Waals surface area contributed by atoms with Crippen molar-refractivity contribution in [3.05, 3.63) is 45.3 Å². The number of hydrogen-bond acceptors (Lipinski definition) is 4. The van der Waals surface area contributed by atoms with Gasteiger partial charge in [-0.1, -0.05) is 13.0 Å². The topological polar surface area (TPSA) is 21.6 Å². The van der Waals surface area contributed by atoms with E-state index in [0.29, 0.717) is 5.92 Å². The van der Waals surface area contributed by atoms with E-state index in [1.807, 2.05) is 0 Å². The van der Waals surface area contributed by atoms with Gasteiger partial charge in [0, 0.05) is 22.0 Å². The van der Waals surface area contributed by atoms with Gasteiger partial charge < -0.3 is 4.74 Å². The third kappa shape index (κ3) is 2.70. The number of thiophene rings is 2. The minimum atomic E-state index is 0.607. The normalized spacial score (nSPS) is 22.0. The number of hydrogen-bond donors (Lipinski definition) is 0. The Labute approximate surface area is 144 Å². The first-order chi connectivity index (χ1) is 11.3. The molecule has 2 aromatic heterocycles. The third-order valence-corrected chi connectivity index (χ3v) is 6.66. The van der Waals surface area contributed by atoms with Crippen LogP contribution in [-0.4, -0.2) is 13.3 Å². The van der Waals surface area contributed by atoms with Crippen molar-refractivity contribution in [2.45, 2.75) is 26.2 Å². The Morgan fingerprint density at radius 1 is 1.35 bits per heavy atom. The largest absolute Gasteiger partial charge is 0.495 e. The number of methoxy groups -OCH3 is 1. The second kappa shape index (κ2) is 6.10. The van der Waals surface area contributed by atoms with Gasteiger partial charge in [-0.25, -0.2) is 0 Å². The van der Waals surface area contributed by atoms with Crippen LogP contribution in [0.15, 0.2) is 45.4 Å². The van der Waals surface area contributed by atoms with Crippen molar-refractivity contribution in [1.82, 2.24) is 0 Å². The average Bonchev–Trinajstić information content (AvgIpc) is 3.27. The molecule has 2 aliphatic rings. The minimum Gasteiger partial charge on any atom is -0.495 e. The number of nitrogens with zero attached hydrogens (tertiary/aromatic N) is 1. The van der Waals surface area contributed by atoms with E-state index in [1.54, 1.807) is 29.8 Å². The predicted molar refractivity (Wildman–Crippen MR) is 101 cm³/mol. The molecule has 0 fully saturated rings. The monoisotopic (exact) mass is 341 g/mol. The van der Waals surface area contributed by atoms with Gasteiger partial charge in [0.15, 0.2) is 0 Å². The van der Waals surface area contributed by atoms with Crippen LogP contribution in [0.5, 0.6) is 5.75 Å². The number of aliphatic imine (C=N–C) groups is 1. The highest BCUT2D eigenvalue weighted by atomic mass is 32.1. The molecule has 0 bridgehead atoms. The summed E-state index contributed by atoms with van der Waals surface area (Å²) in [6.45, 7) is 2.32. The minimum absolute atomic E-state index is 0.607. The summed E-state index contributed by atoms with van der Waals surface area (Å²) in [5, 5.41) is 2.11. The number of allylic oxidation sites excluding steroid dienone is 2. The van der Waals surface area contributed by atoms with Crippen LogP contribution < -0.4 is 4.74 Å². The van der Waals surface area contributed by atoms with Gasteiger partial charge in [0.2, 0.25) is 0 Å².